The van der Waals surface area contributed by atoms with Crippen molar-refractivity contribution in [3.8, 4) is 0 Å². The van der Waals surface area contributed by atoms with Gasteiger partial charge in [0, 0.05) is 38.3 Å². The van der Waals surface area contributed by atoms with E-state index in [4.69, 9.17) is 4.74 Å². The largest absolute Gasteiger partial charge is 0.374 e. The second-order valence-corrected chi connectivity index (χ2v) is 4.81. The van der Waals surface area contributed by atoms with Crippen molar-refractivity contribution < 1.29 is 4.74 Å². The number of para-hydroxylation sites is 1. The van der Waals surface area contributed by atoms with Crippen LogP contribution in [0.25, 0.3) is 10.9 Å². The summed E-state index contributed by atoms with van der Waals surface area (Å²) >= 11 is 0. The van der Waals surface area contributed by atoms with E-state index < -0.39 is 0 Å². The predicted octanol–water partition coefficient (Wildman–Crippen LogP) is 1.05. The van der Waals surface area contributed by atoms with Crippen LogP contribution in [-0.4, -0.2) is 49.4 Å². The zero-order valence-electron chi connectivity index (χ0n) is 11.0. The van der Waals surface area contributed by atoms with E-state index in [0.29, 0.717) is 0 Å². The lowest BCUT2D eigenvalue weighted by molar-refractivity contribution is 0.0338. The molecule has 1 aromatic heterocycles. The molecule has 19 heavy (non-hydrogen) atoms. The Hall–Kier alpha value is -1.72. The molecule has 1 aromatic carbocycles. The van der Waals surface area contributed by atoms with Crippen molar-refractivity contribution in [1.29, 1.82) is 0 Å². The molecule has 0 aliphatic carbocycles. The molecule has 1 fully saturated rings. The molecule has 1 aliphatic heterocycles. The highest BCUT2D eigenvalue weighted by molar-refractivity contribution is 5.78. The Morgan fingerprint density at radius 2 is 2.32 bits per heavy atom. The van der Waals surface area contributed by atoms with Gasteiger partial charge in [0.2, 0.25) is 5.95 Å². The Morgan fingerprint density at radius 1 is 1.42 bits per heavy atom. The number of morpholine rings is 1. The van der Waals surface area contributed by atoms with Crippen LogP contribution in [0.4, 0.5) is 5.95 Å². The number of likely N-dealkylation sites (N-methyl/N-ethyl adjacent to an activating group) is 1. The van der Waals surface area contributed by atoms with Crippen LogP contribution < -0.4 is 10.2 Å². The second-order valence-electron chi connectivity index (χ2n) is 4.81. The normalized spacial score (nSPS) is 19.5. The molecule has 0 bridgehead atoms. The number of hydrogen-bond acceptors (Lipinski definition) is 5. The van der Waals surface area contributed by atoms with Crippen molar-refractivity contribution in [2.24, 2.45) is 0 Å². The van der Waals surface area contributed by atoms with Gasteiger partial charge in [0.1, 0.15) is 0 Å². The van der Waals surface area contributed by atoms with Gasteiger partial charge in [0.05, 0.1) is 18.2 Å². The summed E-state index contributed by atoms with van der Waals surface area (Å²) in [6.45, 7) is 3.40. The van der Waals surface area contributed by atoms with Crippen LogP contribution in [0.15, 0.2) is 30.5 Å². The van der Waals surface area contributed by atoms with Gasteiger partial charge in [-0.3, -0.25) is 0 Å². The van der Waals surface area contributed by atoms with Crippen LogP contribution in [0, 0.1) is 0 Å². The molecular weight excluding hydrogens is 240 g/mol. The minimum atomic E-state index is 0.203. The summed E-state index contributed by atoms with van der Waals surface area (Å²) in [4.78, 5) is 11.0. The summed E-state index contributed by atoms with van der Waals surface area (Å²) in [5, 5.41) is 4.39. The lowest BCUT2D eigenvalue weighted by Crippen LogP contribution is -2.44. The fourth-order valence-electron chi connectivity index (χ4n) is 2.27. The lowest BCUT2D eigenvalue weighted by Gasteiger charge is -2.28. The van der Waals surface area contributed by atoms with Crippen molar-refractivity contribution in [1.82, 2.24) is 15.3 Å². The van der Waals surface area contributed by atoms with Crippen LogP contribution >= 0.6 is 0 Å². The van der Waals surface area contributed by atoms with Crippen molar-refractivity contribution in [3.05, 3.63) is 30.5 Å². The minimum absolute atomic E-state index is 0.203. The van der Waals surface area contributed by atoms with Crippen LogP contribution in [0.3, 0.4) is 0 Å². The number of rotatable bonds is 3. The van der Waals surface area contributed by atoms with Crippen molar-refractivity contribution in [2.45, 2.75) is 6.10 Å². The summed E-state index contributed by atoms with van der Waals surface area (Å²) in [6.07, 6.45) is 2.07. The molecule has 5 heteroatoms. The molecule has 1 atom stereocenters. The molecule has 0 saturated carbocycles. The van der Waals surface area contributed by atoms with Crippen molar-refractivity contribution in [2.75, 3.05) is 38.2 Å². The first-order valence-corrected chi connectivity index (χ1v) is 6.58. The number of hydrogen-bond donors (Lipinski definition) is 1. The first-order chi connectivity index (χ1) is 9.33. The van der Waals surface area contributed by atoms with E-state index in [1.807, 2.05) is 42.4 Å². The standard InChI is InChI=1S/C14H18N4O/c1-18(10-12-9-15-6-7-19-12)14-16-8-11-4-2-3-5-13(11)17-14/h2-5,8,12,15H,6-7,9-10H2,1H3. The number of benzene rings is 1. The number of ether oxygens (including phenoxy) is 1. The van der Waals surface area contributed by atoms with E-state index in [-0.39, 0.29) is 6.10 Å². The van der Waals surface area contributed by atoms with Gasteiger partial charge in [-0.25, -0.2) is 9.97 Å². The van der Waals surface area contributed by atoms with E-state index >= 15 is 0 Å². The van der Waals surface area contributed by atoms with Gasteiger partial charge in [0.15, 0.2) is 0 Å². The Kier molecular flexibility index (Phi) is 3.57. The molecule has 1 aliphatic rings. The van der Waals surface area contributed by atoms with Crippen LogP contribution in [-0.2, 0) is 4.74 Å². The molecule has 0 radical (unpaired) electrons. The number of fused-ring (bicyclic) bond motifs is 1. The fourth-order valence-corrected chi connectivity index (χ4v) is 2.27. The van der Waals surface area contributed by atoms with E-state index in [2.05, 4.69) is 15.3 Å². The molecule has 1 N–H and O–H groups in total. The average Bonchev–Trinajstić information content (AvgIpc) is 2.48. The summed E-state index contributed by atoms with van der Waals surface area (Å²) in [6, 6.07) is 8.02. The molecule has 2 aromatic rings. The summed E-state index contributed by atoms with van der Waals surface area (Å²) in [5.41, 5.74) is 0.974. The van der Waals surface area contributed by atoms with E-state index in [1.165, 1.54) is 0 Å². The number of aromatic nitrogens is 2. The Labute approximate surface area is 112 Å². The molecule has 2 heterocycles. The zero-order valence-corrected chi connectivity index (χ0v) is 11.0. The number of anilines is 1. The first kappa shape index (κ1) is 12.3. The maximum Gasteiger partial charge on any atom is 0.225 e. The smallest absolute Gasteiger partial charge is 0.225 e. The molecule has 1 saturated heterocycles. The second kappa shape index (κ2) is 5.50. The third kappa shape index (κ3) is 2.83. The van der Waals surface area contributed by atoms with Gasteiger partial charge in [-0.2, -0.15) is 0 Å². The third-order valence-corrected chi connectivity index (χ3v) is 3.30. The molecular formula is C14H18N4O. The van der Waals surface area contributed by atoms with Gasteiger partial charge < -0.3 is 15.0 Å². The monoisotopic (exact) mass is 258 g/mol. The topological polar surface area (TPSA) is 50.3 Å². The summed E-state index contributed by atoms with van der Waals surface area (Å²) in [5.74, 6) is 0.743. The summed E-state index contributed by atoms with van der Waals surface area (Å²) < 4.78 is 5.70. The van der Waals surface area contributed by atoms with Crippen molar-refractivity contribution in [3.63, 3.8) is 0 Å². The molecule has 5 nitrogen and oxygen atoms in total. The van der Waals surface area contributed by atoms with Gasteiger partial charge in [-0.05, 0) is 6.07 Å². The number of nitrogens with zero attached hydrogens (tertiary/aromatic N) is 3. The van der Waals surface area contributed by atoms with Crippen LogP contribution in [0.1, 0.15) is 0 Å². The average molecular weight is 258 g/mol. The highest BCUT2D eigenvalue weighted by atomic mass is 16.5. The fraction of sp³-hybridized carbons (Fsp3) is 0.429. The van der Waals surface area contributed by atoms with Gasteiger partial charge in [0.25, 0.3) is 0 Å². The third-order valence-electron chi connectivity index (χ3n) is 3.30. The van der Waals surface area contributed by atoms with E-state index in [1.54, 1.807) is 0 Å². The Bertz CT molecular complexity index is 554. The van der Waals surface area contributed by atoms with Crippen LogP contribution in [0.2, 0.25) is 0 Å². The maximum atomic E-state index is 5.70. The quantitative estimate of drug-likeness (QED) is 0.892. The van der Waals surface area contributed by atoms with E-state index in [9.17, 15) is 0 Å². The van der Waals surface area contributed by atoms with Gasteiger partial charge >= 0.3 is 0 Å². The molecule has 3 rings (SSSR count). The zero-order chi connectivity index (χ0) is 13.1. The minimum Gasteiger partial charge on any atom is -0.374 e. The summed E-state index contributed by atoms with van der Waals surface area (Å²) in [7, 11) is 2.00. The van der Waals surface area contributed by atoms with Crippen LogP contribution in [0.5, 0.6) is 0 Å². The first-order valence-electron chi connectivity index (χ1n) is 6.58. The number of nitrogens with one attached hydrogen (secondary N) is 1. The Morgan fingerprint density at radius 3 is 3.16 bits per heavy atom. The molecule has 100 valence electrons. The highest BCUT2D eigenvalue weighted by Crippen LogP contribution is 2.14. The molecule has 1 unspecified atom stereocenters. The van der Waals surface area contributed by atoms with Gasteiger partial charge in [-0.15, -0.1) is 0 Å². The molecule has 0 spiro atoms. The van der Waals surface area contributed by atoms with E-state index in [0.717, 1.165) is 43.1 Å². The highest BCUT2D eigenvalue weighted by Gasteiger charge is 2.17. The maximum absolute atomic E-state index is 5.70. The molecule has 0 amide bonds. The van der Waals surface area contributed by atoms with Crippen molar-refractivity contribution >= 4 is 16.9 Å². The Balaban J connectivity index is 1.75. The lowest BCUT2D eigenvalue weighted by atomic mass is 10.2. The SMILES string of the molecule is CN(CC1CNCCO1)c1ncc2ccccc2n1. The predicted molar refractivity (Wildman–Crippen MR) is 75.4 cm³/mol. The van der Waals surface area contributed by atoms with Gasteiger partial charge in [-0.1, -0.05) is 18.2 Å².